The number of thiazole rings is 1. The number of hydrogen-bond acceptors (Lipinski definition) is 7. The summed E-state index contributed by atoms with van der Waals surface area (Å²) in [6, 6.07) is 9.94. The number of rotatable bonds is 7. The number of benzene rings is 2. The summed E-state index contributed by atoms with van der Waals surface area (Å²) < 4.78 is 29.7. The van der Waals surface area contributed by atoms with Crippen LogP contribution in [0.5, 0.6) is 5.75 Å². The van der Waals surface area contributed by atoms with Gasteiger partial charge in [-0.2, -0.15) is 0 Å². The lowest BCUT2D eigenvalue weighted by Crippen LogP contribution is -2.17. The maximum Gasteiger partial charge on any atom is 0.524 e. The van der Waals surface area contributed by atoms with Gasteiger partial charge in [0.2, 0.25) is 0 Å². The predicted molar refractivity (Wildman–Crippen MR) is 122 cm³/mol. The van der Waals surface area contributed by atoms with Crippen LogP contribution in [0.15, 0.2) is 42.6 Å². The molecule has 1 amide bonds. The van der Waals surface area contributed by atoms with Gasteiger partial charge in [-0.1, -0.05) is 23.5 Å². The zero-order valence-corrected chi connectivity index (χ0v) is 19.0. The quantitative estimate of drug-likeness (QED) is 0.366. The largest absolute Gasteiger partial charge is 0.524 e. The van der Waals surface area contributed by atoms with Crippen molar-refractivity contribution in [2.24, 2.45) is 0 Å². The molecule has 1 aliphatic heterocycles. The highest BCUT2D eigenvalue weighted by molar-refractivity contribution is 7.46. The van der Waals surface area contributed by atoms with E-state index in [4.69, 9.17) is 9.79 Å². The number of aliphatic hydroxyl groups excluding tert-OH is 1. The van der Waals surface area contributed by atoms with E-state index < -0.39 is 31.9 Å². The number of phosphoric acid groups is 1. The third-order valence-electron chi connectivity index (χ3n) is 5.09. The standard InChI is InChI=1S/C21H21FN3O6PS/c22-17-10-14(8-15(12-26)19(17)31-32(28,29)30)20(27)24-21-23-11-18(33-21)13-4-3-5-16(9-13)25-6-1-2-7-25/h3-5,8-11,26H,1-2,6-7,12H2,(H,23,24,27)(H2,28,29,30). The number of nitrogens with one attached hydrogen (secondary N) is 1. The van der Waals surface area contributed by atoms with Crippen LogP contribution in [0.4, 0.5) is 15.2 Å². The number of amides is 1. The van der Waals surface area contributed by atoms with Gasteiger partial charge in [0.1, 0.15) is 0 Å². The van der Waals surface area contributed by atoms with Crippen LogP contribution < -0.4 is 14.7 Å². The van der Waals surface area contributed by atoms with Gasteiger partial charge in [0.05, 0.1) is 11.5 Å². The average molecular weight is 493 g/mol. The summed E-state index contributed by atoms with van der Waals surface area (Å²) in [4.78, 5) is 37.8. The van der Waals surface area contributed by atoms with Gasteiger partial charge in [-0.15, -0.1) is 0 Å². The van der Waals surface area contributed by atoms with Gasteiger partial charge < -0.3 is 14.5 Å². The number of anilines is 2. The lowest BCUT2D eigenvalue weighted by Gasteiger charge is -2.18. The first kappa shape index (κ1) is 23.3. The summed E-state index contributed by atoms with van der Waals surface area (Å²) in [5.41, 5.74) is 1.66. The van der Waals surface area contributed by atoms with Crippen LogP contribution in [0.25, 0.3) is 10.4 Å². The van der Waals surface area contributed by atoms with E-state index >= 15 is 0 Å². The average Bonchev–Trinajstić information content (AvgIpc) is 3.46. The van der Waals surface area contributed by atoms with Crippen molar-refractivity contribution in [2.45, 2.75) is 19.4 Å². The monoisotopic (exact) mass is 493 g/mol. The van der Waals surface area contributed by atoms with Crippen molar-refractivity contribution in [3.05, 3.63) is 59.5 Å². The molecule has 3 aromatic rings. The Kier molecular flexibility index (Phi) is 6.78. The van der Waals surface area contributed by atoms with Crippen LogP contribution in [0.3, 0.4) is 0 Å². The summed E-state index contributed by atoms with van der Waals surface area (Å²) in [5.74, 6) is -2.69. The number of nitrogens with zero attached hydrogens (tertiary/aromatic N) is 2. The Morgan fingerprint density at radius 1 is 1.24 bits per heavy atom. The molecular weight excluding hydrogens is 472 g/mol. The Morgan fingerprint density at radius 2 is 2.00 bits per heavy atom. The molecular formula is C21H21FN3O6PS. The minimum atomic E-state index is -5.05. The molecule has 1 aromatic heterocycles. The topological polar surface area (TPSA) is 132 Å². The first-order valence-corrected chi connectivity index (χ1v) is 12.4. The van der Waals surface area contributed by atoms with E-state index in [0.29, 0.717) is 5.13 Å². The number of hydrogen-bond donors (Lipinski definition) is 4. The summed E-state index contributed by atoms with van der Waals surface area (Å²) in [7, 11) is -5.05. The molecule has 174 valence electrons. The first-order valence-electron chi connectivity index (χ1n) is 10.0. The first-order chi connectivity index (χ1) is 15.7. The number of aliphatic hydroxyl groups is 1. The van der Waals surface area contributed by atoms with Gasteiger partial charge in [-0.25, -0.2) is 13.9 Å². The zero-order chi connectivity index (χ0) is 23.6. The molecule has 12 heteroatoms. The number of aromatic nitrogens is 1. The number of phosphoric ester groups is 1. The summed E-state index contributed by atoms with van der Waals surface area (Å²) in [6.45, 7) is 1.26. The second-order valence-corrected chi connectivity index (χ2v) is 9.61. The Hall–Kier alpha value is -2.82. The van der Waals surface area contributed by atoms with Crippen molar-refractivity contribution in [2.75, 3.05) is 23.3 Å². The smallest absolute Gasteiger partial charge is 0.401 e. The van der Waals surface area contributed by atoms with E-state index in [9.17, 15) is 18.9 Å². The summed E-state index contributed by atoms with van der Waals surface area (Å²) in [6.07, 6.45) is 3.98. The molecule has 1 aliphatic rings. The highest BCUT2D eigenvalue weighted by Gasteiger charge is 2.24. The molecule has 0 saturated carbocycles. The summed E-state index contributed by atoms with van der Waals surface area (Å²) >= 11 is 1.25. The van der Waals surface area contributed by atoms with Crippen molar-refractivity contribution < 1.29 is 33.2 Å². The normalized spacial score (nSPS) is 13.9. The van der Waals surface area contributed by atoms with Crippen LogP contribution in [0.1, 0.15) is 28.8 Å². The molecule has 1 saturated heterocycles. The highest BCUT2D eigenvalue weighted by Crippen LogP contribution is 2.41. The molecule has 4 N–H and O–H groups in total. The van der Waals surface area contributed by atoms with Gasteiger partial charge in [0, 0.05) is 36.1 Å². The maximum atomic E-state index is 14.3. The zero-order valence-electron chi connectivity index (χ0n) is 17.3. The Labute approximate surface area is 192 Å². The Morgan fingerprint density at radius 3 is 2.70 bits per heavy atom. The molecule has 2 heterocycles. The fraction of sp³-hybridized carbons (Fsp3) is 0.238. The van der Waals surface area contributed by atoms with Gasteiger partial charge >= 0.3 is 7.82 Å². The Balaban J connectivity index is 1.52. The number of carbonyl (C=O) groups excluding carboxylic acids is 1. The fourth-order valence-electron chi connectivity index (χ4n) is 3.59. The Bertz CT molecular complexity index is 1220. The van der Waals surface area contributed by atoms with Crippen molar-refractivity contribution in [1.29, 1.82) is 0 Å². The van der Waals surface area contributed by atoms with E-state index in [1.54, 1.807) is 6.20 Å². The van der Waals surface area contributed by atoms with E-state index in [2.05, 4.69) is 31.9 Å². The molecule has 0 bridgehead atoms. The van der Waals surface area contributed by atoms with E-state index in [0.717, 1.165) is 41.4 Å². The molecule has 2 aromatic carbocycles. The van der Waals surface area contributed by atoms with Crippen molar-refractivity contribution in [3.63, 3.8) is 0 Å². The van der Waals surface area contributed by atoms with Crippen LogP contribution in [-0.2, 0) is 11.2 Å². The summed E-state index contributed by atoms with van der Waals surface area (Å²) in [5, 5.41) is 12.3. The van der Waals surface area contributed by atoms with Crippen molar-refractivity contribution >= 4 is 35.9 Å². The molecule has 9 nitrogen and oxygen atoms in total. The molecule has 0 aliphatic carbocycles. The third kappa shape index (κ3) is 5.58. The van der Waals surface area contributed by atoms with Crippen LogP contribution in [0, 0.1) is 5.82 Å². The second kappa shape index (κ2) is 9.58. The van der Waals surface area contributed by atoms with Gasteiger partial charge in [-0.05, 0) is 42.7 Å². The minimum absolute atomic E-state index is 0.164. The van der Waals surface area contributed by atoms with Crippen molar-refractivity contribution in [3.8, 4) is 16.2 Å². The second-order valence-electron chi connectivity index (χ2n) is 7.41. The van der Waals surface area contributed by atoms with Gasteiger partial charge in [0.25, 0.3) is 5.91 Å². The lowest BCUT2D eigenvalue weighted by atomic mass is 10.1. The molecule has 1 fully saturated rings. The molecule has 33 heavy (non-hydrogen) atoms. The van der Waals surface area contributed by atoms with Crippen LogP contribution in [0.2, 0.25) is 0 Å². The molecule has 4 rings (SSSR count). The molecule has 0 unspecified atom stereocenters. The highest BCUT2D eigenvalue weighted by atomic mass is 32.1. The number of halogens is 1. The molecule has 0 spiro atoms. The maximum absolute atomic E-state index is 14.3. The van der Waals surface area contributed by atoms with Crippen LogP contribution in [-0.4, -0.2) is 38.9 Å². The molecule has 0 radical (unpaired) electrons. The van der Waals surface area contributed by atoms with E-state index in [-0.39, 0.29) is 11.1 Å². The van der Waals surface area contributed by atoms with Crippen LogP contribution >= 0.6 is 19.2 Å². The molecule has 0 atom stereocenters. The lowest BCUT2D eigenvalue weighted by molar-refractivity contribution is 0.102. The SMILES string of the molecule is O=C(Nc1ncc(-c2cccc(N3CCCC3)c2)s1)c1cc(F)c(OP(=O)(O)O)c(CO)c1. The van der Waals surface area contributed by atoms with Gasteiger partial charge in [-0.3, -0.25) is 19.9 Å². The van der Waals surface area contributed by atoms with Crippen molar-refractivity contribution in [1.82, 2.24) is 4.98 Å². The number of carbonyl (C=O) groups is 1. The predicted octanol–water partition coefficient (Wildman–Crippen LogP) is 3.77. The van der Waals surface area contributed by atoms with E-state index in [1.165, 1.54) is 24.2 Å². The van der Waals surface area contributed by atoms with Gasteiger partial charge in [0.15, 0.2) is 16.7 Å². The fourth-order valence-corrected chi connectivity index (χ4v) is 4.84. The minimum Gasteiger partial charge on any atom is -0.401 e. The van der Waals surface area contributed by atoms with E-state index in [1.807, 2.05) is 12.1 Å². The third-order valence-corrected chi connectivity index (χ3v) is 6.47.